The third kappa shape index (κ3) is 3.60. The first-order valence-electron chi connectivity index (χ1n) is 6.21. The maximum absolute atomic E-state index is 5.68. The fourth-order valence-corrected chi connectivity index (χ4v) is 1.88. The lowest BCUT2D eigenvalue weighted by atomic mass is 10.1. The third-order valence-corrected chi connectivity index (χ3v) is 2.70. The SMILES string of the molecule is CC(C)Oc1ncccc1NC1CCOCC1. The quantitative estimate of drug-likeness (QED) is 0.872. The number of aromatic nitrogens is 1. The molecule has 4 heteroatoms. The van der Waals surface area contributed by atoms with Crippen molar-refractivity contribution < 1.29 is 9.47 Å². The number of hydrogen-bond acceptors (Lipinski definition) is 4. The van der Waals surface area contributed by atoms with Crippen LogP contribution in [0.5, 0.6) is 5.88 Å². The van der Waals surface area contributed by atoms with Crippen molar-refractivity contribution in [1.82, 2.24) is 4.98 Å². The van der Waals surface area contributed by atoms with E-state index in [1.54, 1.807) is 6.20 Å². The molecule has 1 saturated heterocycles. The van der Waals surface area contributed by atoms with E-state index in [0.717, 1.165) is 31.7 Å². The van der Waals surface area contributed by atoms with Crippen molar-refractivity contribution in [2.75, 3.05) is 18.5 Å². The van der Waals surface area contributed by atoms with Crippen LogP contribution in [0, 0.1) is 0 Å². The minimum atomic E-state index is 0.139. The zero-order valence-corrected chi connectivity index (χ0v) is 10.5. The van der Waals surface area contributed by atoms with Crippen LogP contribution in [-0.2, 0) is 4.74 Å². The van der Waals surface area contributed by atoms with Gasteiger partial charge in [-0.3, -0.25) is 0 Å². The molecule has 1 fully saturated rings. The number of nitrogens with zero attached hydrogens (tertiary/aromatic N) is 1. The molecule has 1 aliphatic heterocycles. The number of rotatable bonds is 4. The van der Waals surface area contributed by atoms with Gasteiger partial charge < -0.3 is 14.8 Å². The first-order valence-corrected chi connectivity index (χ1v) is 6.21. The van der Waals surface area contributed by atoms with Gasteiger partial charge in [0.1, 0.15) is 0 Å². The molecule has 17 heavy (non-hydrogen) atoms. The molecule has 0 aromatic carbocycles. The minimum absolute atomic E-state index is 0.139. The summed E-state index contributed by atoms with van der Waals surface area (Å²) in [6, 6.07) is 4.40. The number of hydrogen-bond donors (Lipinski definition) is 1. The Balaban J connectivity index is 2.03. The molecule has 0 amide bonds. The molecule has 0 bridgehead atoms. The lowest BCUT2D eigenvalue weighted by Crippen LogP contribution is -2.28. The van der Waals surface area contributed by atoms with Crippen molar-refractivity contribution in [2.45, 2.75) is 38.8 Å². The van der Waals surface area contributed by atoms with E-state index in [4.69, 9.17) is 9.47 Å². The molecule has 0 atom stereocenters. The van der Waals surface area contributed by atoms with Gasteiger partial charge in [-0.25, -0.2) is 4.98 Å². The largest absolute Gasteiger partial charge is 0.473 e. The summed E-state index contributed by atoms with van der Waals surface area (Å²) in [4.78, 5) is 4.27. The van der Waals surface area contributed by atoms with Crippen molar-refractivity contribution >= 4 is 5.69 Å². The maximum Gasteiger partial charge on any atom is 0.237 e. The molecule has 1 aromatic heterocycles. The zero-order chi connectivity index (χ0) is 12.1. The van der Waals surface area contributed by atoms with E-state index in [9.17, 15) is 0 Å². The number of anilines is 1. The number of nitrogens with one attached hydrogen (secondary N) is 1. The molecule has 2 rings (SSSR count). The van der Waals surface area contributed by atoms with Gasteiger partial charge in [-0.1, -0.05) is 0 Å². The summed E-state index contributed by atoms with van der Waals surface area (Å²) in [5, 5.41) is 3.49. The van der Waals surface area contributed by atoms with E-state index in [1.165, 1.54) is 0 Å². The summed E-state index contributed by atoms with van der Waals surface area (Å²) in [5.74, 6) is 0.689. The van der Waals surface area contributed by atoms with Crippen LogP contribution >= 0.6 is 0 Å². The highest BCUT2D eigenvalue weighted by Gasteiger charge is 2.15. The number of ether oxygens (including phenoxy) is 2. The predicted octanol–water partition coefficient (Wildman–Crippen LogP) is 2.46. The molecule has 0 spiro atoms. The summed E-state index contributed by atoms with van der Waals surface area (Å²) in [6.45, 7) is 5.68. The zero-order valence-electron chi connectivity index (χ0n) is 10.5. The van der Waals surface area contributed by atoms with Gasteiger partial charge in [0, 0.05) is 25.5 Å². The van der Waals surface area contributed by atoms with E-state index in [2.05, 4.69) is 10.3 Å². The molecule has 0 radical (unpaired) electrons. The Kier molecular flexibility index (Phi) is 4.20. The highest BCUT2D eigenvalue weighted by molar-refractivity contribution is 5.52. The third-order valence-electron chi connectivity index (χ3n) is 2.70. The topological polar surface area (TPSA) is 43.4 Å². The van der Waals surface area contributed by atoms with Gasteiger partial charge in [0.25, 0.3) is 0 Å². The summed E-state index contributed by atoms with van der Waals surface area (Å²) < 4.78 is 11.0. The van der Waals surface area contributed by atoms with Crippen molar-refractivity contribution in [3.63, 3.8) is 0 Å². The van der Waals surface area contributed by atoms with Crippen LogP contribution in [0.3, 0.4) is 0 Å². The molecule has 94 valence electrons. The highest BCUT2D eigenvalue weighted by atomic mass is 16.5. The number of pyridine rings is 1. The first kappa shape index (κ1) is 12.2. The van der Waals surface area contributed by atoms with E-state index in [-0.39, 0.29) is 6.10 Å². The van der Waals surface area contributed by atoms with Gasteiger partial charge >= 0.3 is 0 Å². The van der Waals surface area contributed by atoms with E-state index in [0.29, 0.717) is 11.9 Å². The fraction of sp³-hybridized carbons (Fsp3) is 0.615. The first-order chi connectivity index (χ1) is 8.25. The second-order valence-electron chi connectivity index (χ2n) is 4.55. The van der Waals surface area contributed by atoms with Gasteiger partial charge in [-0.2, -0.15) is 0 Å². The Labute approximate surface area is 102 Å². The molecule has 1 aromatic rings. The van der Waals surface area contributed by atoms with Crippen molar-refractivity contribution in [1.29, 1.82) is 0 Å². The Morgan fingerprint density at radius 2 is 2.18 bits per heavy atom. The average molecular weight is 236 g/mol. The van der Waals surface area contributed by atoms with Crippen LogP contribution in [0.25, 0.3) is 0 Å². The molecule has 1 aliphatic rings. The van der Waals surface area contributed by atoms with Crippen LogP contribution in [0.15, 0.2) is 18.3 Å². The molecular weight excluding hydrogens is 216 g/mol. The summed E-state index contributed by atoms with van der Waals surface area (Å²) in [6.07, 6.45) is 3.97. The second-order valence-corrected chi connectivity index (χ2v) is 4.55. The highest BCUT2D eigenvalue weighted by Crippen LogP contribution is 2.24. The Morgan fingerprint density at radius 1 is 1.41 bits per heavy atom. The predicted molar refractivity (Wildman–Crippen MR) is 67.5 cm³/mol. The van der Waals surface area contributed by atoms with Crippen LogP contribution in [0.1, 0.15) is 26.7 Å². The van der Waals surface area contributed by atoms with Crippen LogP contribution in [0.4, 0.5) is 5.69 Å². The molecule has 0 saturated carbocycles. The van der Waals surface area contributed by atoms with E-state index < -0.39 is 0 Å². The van der Waals surface area contributed by atoms with Crippen molar-refractivity contribution in [2.24, 2.45) is 0 Å². The summed E-state index contributed by atoms with van der Waals surface area (Å²) in [7, 11) is 0. The Morgan fingerprint density at radius 3 is 2.88 bits per heavy atom. The molecular formula is C13H20N2O2. The molecule has 2 heterocycles. The van der Waals surface area contributed by atoms with Gasteiger partial charge in [0.15, 0.2) is 0 Å². The minimum Gasteiger partial charge on any atom is -0.473 e. The van der Waals surface area contributed by atoms with Crippen molar-refractivity contribution in [3.05, 3.63) is 18.3 Å². The van der Waals surface area contributed by atoms with E-state index >= 15 is 0 Å². The normalized spacial score (nSPS) is 17.1. The molecule has 4 nitrogen and oxygen atoms in total. The van der Waals surface area contributed by atoms with Gasteiger partial charge in [0.05, 0.1) is 11.8 Å². The Hall–Kier alpha value is -1.29. The van der Waals surface area contributed by atoms with Gasteiger partial charge in [0.2, 0.25) is 5.88 Å². The van der Waals surface area contributed by atoms with Crippen LogP contribution < -0.4 is 10.1 Å². The molecule has 0 unspecified atom stereocenters. The van der Waals surface area contributed by atoms with E-state index in [1.807, 2.05) is 26.0 Å². The average Bonchev–Trinajstić information content (AvgIpc) is 2.32. The maximum atomic E-state index is 5.68. The molecule has 1 N–H and O–H groups in total. The second kappa shape index (κ2) is 5.87. The Bertz CT molecular complexity index is 349. The fourth-order valence-electron chi connectivity index (χ4n) is 1.88. The van der Waals surface area contributed by atoms with Crippen LogP contribution in [-0.4, -0.2) is 30.3 Å². The van der Waals surface area contributed by atoms with Gasteiger partial charge in [-0.05, 0) is 38.8 Å². The van der Waals surface area contributed by atoms with Crippen molar-refractivity contribution in [3.8, 4) is 5.88 Å². The lowest BCUT2D eigenvalue weighted by Gasteiger charge is -2.25. The summed E-state index contributed by atoms with van der Waals surface area (Å²) >= 11 is 0. The monoisotopic (exact) mass is 236 g/mol. The lowest BCUT2D eigenvalue weighted by molar-refractivity contribution is 0.0903. The van der Waals surface area contributed by atoms with Crippen LogP contribution in [0.2, 0.25) is 0 Å². The molecule has 0 aliphatic carbocycles. The summed E-state index contributed by atoms with van der Waals surface area (Å²) in [5.41, 5.74) is 0.980. The standard InChI is InChI=1S/C13H20N2O2/c1-10(2)17-13-12(4-3-7-14-13)15-11-5-8-16-9-6-11/h3-4,7,10-11,15H,5-6,8-9H2,1-2H3. The smallest absolute Gasteiger partial charge is 0.237 e. The van der Waals surface area contributed by atoms with Gasteiger partial charge in [-0.15, -0.1) is 0 Å².